The Bertz CT molecular complexity index is 336. The lowest BCUT2D eigenvalue weighted by Gasteiger charge is -1.98. The molecule has 12 heavy (non-hydrogen) atoms. The zero-order valence-corrected chi connectivity index (χ0v) is 6.08. The number of halogens is 1. The number of hydrogen-bond donors (Lipinski definition) is 1. The van der Waals surface area contributed by atoms with Crippen LogP contribution in [0.5, 0.6) is 0 Å². The van der Waals surface area contributed by atoms with Crippen LogP contribution in [-0.4, -0.2) is 12.2 Å². The number of rotatable bonds is 2. The Morgan fingerprint density at radius 3 is 2.67 bits per heavy atom. The predicted molar refractivity (Wildman–Crippen MR) is 40.3 cm³/mol. The molecule has 1 rings (SSSR count). The largest absolute Gasteiger partial charge is 0.366 e. The van der Waals surface area contributed by atoms with Crippen LogP contribution in [0.25, 0.3) is 0 Å². The highest BCUT2D eigenvalue weighted by molar-refractivity contribution is 6.00. The molecule has 1 amide bonds. The third-order valence-electron chi connectivity index (χ3n) is 1.41. The first-order valence-corrected chi connectivity index (χ1v) is 3.19. The van der Waals surface area contributed by atoms with Crippen LogP contribution in [0, 0.1) is 5.82 Å². The second-order valence-corrected chi connectivity index (χ2v) is 2.21. The van der Waals surface area contributed by atoms with Crippen molar-refractivity contribution in [1.29, 1.82) is 0 Å². The number of hydrogen-bond acceptors (Lipinski definition) is 2. The minimum Gasteiger partial charge on any atom is -0.366 e. The van der Waals surface area contributed by atoms with Gasteiger partial charge in [0.2, 0.25) is 5.91 Å². The van der Waals surface area contributed by atoms with E-state index in [-0.39, 0.29) is 11.1 Å². The van der Waals surface area contributed by atoms with Gasteiger partial charge in [0.25, 0.3) is 0 Å². The normalized spacial score (nSPS) is 9.42. The SMILES string of the molecule is NC(=O)c1ccc(F)cc1C=O. The van der Waals surface area contributed by atoms with Crippen LogP contribution in [0.1, 0.15) is 20.7 Å². The molecule has 0 saturated carbocycles. The van der Waals surface area contributed by atoms with Crippen LogP contribution in [0.2, 0.25) is 0 Å². The summed E-state index contributed by atoms with van der Waals surface area (Å²) in [4.78, 5) is 20.9. The predicted octanol–water partition coefficient (Wildman–Crippen LogP) is 0.737. The number of amides is 1. The Kier molecular flexibility index (Phi) is 2.19. The van der Waals surface area contributed by atoms with Crippen LogP contribution in [0.3, 0.4) is 0 Å². The summed E-state index contributed by atoms with van der Waals surface area (Å²) in [6.45, 7) is 0. The fourth-order valence-corrected chi connectivity index (χ4v) is 0.855. The monoisotopic (exact) mass is 167 g/mol. The van der Waals surface area contributed by atoms with E-state index in [0.717, 1.165) is 12.1 Å². The second kappa shape index (κ2) is 3.13. The molecule has 4 heteroatoms. The van der Waals surface area contributed by atoms with Crippen LogP contribution >= 0.6 is 0 Å². The van der Waals surface area contributed by atoms with E-state index in [0.29, 0.717) is 6.29 Å². The molecule has 0 atom stereocenters. The molecule has 0 saturated heterocycles. The van der Waals surface area contributed by atoms with Gasteiger partial charge in [0.05, 0.1) is 0 Å². The third-order valence-corrected chi connectivity index (χ3v) is 1.41. The second-order valence-electron chi connectivity index (χ2n) is 2.21. The molecule has 0 radical (unpaired) electrons. The van der Waals surface area contributed by atoms with Crippen LogP contribution in [0.4, 0.5) is 4.39 Å². The van der Waals surface area contributed by atoms with Crippen molar-refractivity contribution < 1.29 is 14.0 Å². The van der Waals surface area contributed by atoms with Crippen molar-refractivity contribution in [2.24, 2.45) is 5.73 Å². The summed E-state index contributed by atoms with van der Waals surface area (Å²) in [6.07, 6.45) is 0.392. The fraction of sp³-hybridized carbons (Fsp3) is 0. The van der Waals surface area contributed by atoms with Crippen LogP contribution < -0.4 is 5.73 Å². The van der Waals surface area contributed by atoms with Gasteiger partial charge in [0, 0.05) is 11.1 Å². The van der Waals surface area contributed by atoms with E-state index < -0.39 is 11.7 Å². The maximum absolute atomic E-state index is 12.5. The van der Waals surface area contributed by atoms with Crippen LogP contribution in [-0.2, 0) is 0 Å². The van der Waals surface area contributed by atoms with E-state index in [4.69, 9.17) is 5.73 Å². The highest BCUT2D eigenvalue weighted by Gasteiger charge is 2.07. The number of benzene rings is 1. The minimum atomic E-state index is -0.739. The van der Waals surface area contributed by atoms with Gasteiger partial charge in [0.15, 0.2) is 6.29 Å². The molecular weight excluding hydrogens is 161 g/mol. The first kappa shape index (κ1) is 8.39. The number of carbonyl (C=O) groups excluding carboxylic acids is 2. The molecule has 0 spiro atoms. The zero-order valence-electron chi connectivity index (χ0n) is 6.08. The summed E-state index contributed by atoms with van der Waals surface area (Å²) in [6, 6.07) is 3.22. The van der Waals surface area contributed by atoms with Gasteiger partial charge >= 0.3 is 0 Å². The van der Waals surface area contributed by atoms with Gasteiger partial charge < -0.3 is 5.73 Å². The Morgan fingerprint density at radius 2 is 2.17 bits per heavy atom. The van der Waals surface area contributed by atoms with Crippen LogP contribution in [0.15, 0.2) is 18.2 Å². The summed E-state index contributed by atoms with van der Waals surface area (Å²) in [5, 5.41) is 0. The smallest absolute Gasteiger partial charge is 0.249 e. The lowest BCUT2D eigenvalue weighted by Crippen LogP contribution is -2.13. The quantitative estimate of drug-likeness (QED) is 0.660. The van der Waals surface area contributed by atoms with Gasteiger partial charge in [-0.15, -0.1) is 0 Å². The first-order chi connectivity index (χ1) is 5.65. The lowest BCUT2D eigenvalue weighted by molar-refractivity contribution is 0.0993. The Hall–Kier alpha value is -1.71. The Labute approximate surface area is 68.0 Å². The molecule has 62 valence electrons. The number of carbonyl (C=O) groups is 2. The molecule has 0 unspecified atom stereocenters. The highest BCUT2D eigenvalue weighted by atomic mass is 19.1. The number of aldehydes is 1. The van der Waals surface area contributed by atoms with Crippen molar-refractivity contribution in [2.75, 3.05) is 0 Å². The summed E-state index contributed by atoms with van der Waals surface area (Å²) >= 11 is 0. The summed E-state index contributed by atoms with van der Waals surface area (Å²) < 4.78 is 12.5. The van der Waals surface area contributed by atoms with E-state index >= 15 is 0 Å². The van der Waals surface area contributed by atoms with Crippen molar-refractivity contribution in [3.63, 3.8) is 0 Å². The maximum atomic E-state index is 12.5. The van der Waals surface area contributed by atoms with Gasteiger partial charge in [-0.25, -0.2) is 4.39 Å². The summed E-state index contributed by atoms with van der Waals surface area (Å²) in [5.41, 5.74) is 4.93. The van der Waals surface area contributed by atoms with Gasteiger partial charge in [-0.2, -0.15) is 0 Å². The molecule has 0 aromatic heterocycles. The summed E-state index contributed by atoms with van der Waals surface area (Å²) in [5.74, 6) is -1.31. The van der Waals surface area contributed by atoms with E-state index in [2.05, 4.69) is 0 Å². The maximum Gasteiger partial charge on any atom is 0.249 e. The average Bonchev–Trinajstić information content (AvgIpc) is 2.03. The topological polar surface area (TPSA) is 60.2 Å². The van der Waals surface area contributed by atoms with Gasteiger partial charge in [-0.05, 0) is 18.2 Å². The lowest BCUT2D eigenvalue weighted by atomic mass is 10.1. The van der Waals surface area contributed by atoms with Crippen molar-refractivity contribution >= 4 is 12.2 Å². The molecule has 0 fully saturated rings. The third kappa shape index (κ3) is 1.47. The van der Waals surface area contributed by atoms with E-state index in [9.17, 15) is 14.0 Å². The highest BCUT2D eigenvalue weighted by Crippen LogP contribution is 2.07. The van der Waals surface area contributed by atoms with E-state index in [1.54, 1.807) is 0 Å². The molecule has 1 aromatic rings. The molecule has 1 aromatic carbocycles. The molecule has 2 N–H and O–H groups in total. The van der Waals surface area contributed by atoms with Gasteiger partial charge in [-0.3, -0.25) is 9.59 Å². The molecular formula is C8H6FNO2. The molecule has 0 aliphatic rings. The molecule has 0 aliphatic heterocycles. The summed E-state index contributed by atoms with van der Waals surface area (Å²) in [7, 11) is 0. The standard InChI is InChI=1S/C8H6FNO2/c9-6-1-2-7(8(10)12)5(3-6)4-11/h1-4H,(H2,10,12). The zero-order chi connectivity index (χ0) is 9.14. The van der Waals surface area contributed by atoms with E-state index in [1.807, 2.05) is 0 Å². The fourth-order valence-electron chi connectivity index (χ4n) is 0.855. The Morgan fingerprint density at radius 1 is 1.50 bits per heavy atom. The van der Waals surface area contributed by atoms with Gasteiger partial charge in [0.1, 0.15) is 5.82 Å². The average molecular weight is 167 g/mol. The number of primary amides is 1. The van der Waals surface area contributed by atoms with Crippen molar-refractivity contribution in [3.05, 3.63) is 35.1 Å². The number of nitrogens with two attached hydrogens (primary N) is 1. The van der Waals surface area contributed by atoms with Crippen molar-refractivity contribution in [2.45, 2.75) is 0 Å². The van der Waals surface area contributed by atoms with Crippen molar-refractivity contribution in [3.8, 4) is 0 Å². The molecule has 0 aliphatic carbocycles. The molecule has 0 bridgehead atoms. The molecule has 3 nitrogen and oxygen atoms in total. The Balaban J connectivity index is 3.29. The minimum absolute atomic E-state index is 0.0255. The van der Waals surface area contributed by atoms with Gasteiger partial charge in [-0.1, -0.05) is 0 Å². The first-order valence-electron chi connectivity index (χ1n) is 3.19. The van der Waals surface area contributed by atoms with Crippen molar-refractivity contribution in [1.82, 2.24) is 0 Å². The molecule has 0 heterocycles. The van der Waals surface area contributed by atoms with E-state index in [1.165, 1.54) is 6.07 Å².